The van der Waals surface area contributed by atoms with E-state index in [4.69, 9.17) is 0 Å². The largest absolute Gasteiger partial charge is 0.383 e. The van der Waals surface area contributed by atoms with Gasteiger partial charge in [0.05, 0.1) is 4.92 Å². The van der Waals surface area contributed by atoms with Crippen molar-refractivity contribution in [2.24, 2.45) is 4.99 Å². The quantitative estimate of drug-likeness (QED) is 0.236. The minimum absolute atomic E-state index is 0.0569. The highest BCUT2D eigenvalue weighted by atomic mass is 19.1. The SMILES string of the molecule is CN=C(NCCNc1ccc([N+](=O)[O-])cc1)NCc1ccccc1F. The Kier molecular flexibility index (Phi) is 6.70. The van der Waals surface area contributed by atoms with Crippen LogP contribution < -0.4 is 16.0 Å². The average molecular weight is 345 g/mol. The first-order valence-corrected chi connectivity index (χ1v) is 7.76. The van der Waals surface area contributed by atoms with E-state index in [2.05, 4.69) is 20.9 Å². The molecular formula is C17H20FN5O2. The summed E-state index contributed by atoms with van der Waals surface area (Å²) in [6, 6.07) is 12.8. The molecule has 0 spiro atoms. The molecule has 0 aliphatic heterocycles. The molecule has 0 aromatic heterocycles. The summed E-state index contributed by atoms with van der Waals surface area (Å²) < 4.78 is 13.6. The van der Waals surface area contributed by atoms with E-state index in [9.17, 15) is 14.5 Å². The predicted octanol–water partition coefficient (Wildman–Crippen LogP) is 2.51. The average Bonchev–Trinajstić information content (AvgIpc) is 2.62. The van der Waals surface area contributed by atoms with Gasteiger partial charge in [-0.1, -0.05) is 18.2 Å². The molecule has 0 aliphatic rings. The van der Waals surface area contributed by atoms with E-state index in [0.717, 1.165) is 5.69 Å². The van der Waals surface area contributed by atoms with Crippen LogP contribution in [-0.2, 0) is 6.54 Å². The highest BCUT2D eigenvalue weighted by Gasteiger charge is 2.04. The zero-order valence-electron chi connectivity index (χ0n) is 13.8. The Morgan fingerprint density at radius 3 is 2.48 bits per heavy atom. The lowest BCUT2D eigenvalue weighted by Crippen LogP contribution is -2.39. The van der Waals surface area contributed by atoms with Gasteiger partial charge in [-0.15, -0.1) is 0 Å². The summed E-state index contributed by atoms with van der Waals surface area (Å²) in [5, 5.41) is 19.9. The van der Waals surface area contributed by atoms with Crippen molar-refractivity contribution >= 4 is 17.3 Å². The number of aliphatic imine (C=N–C) groups is 1. The van der Waals surface area contributed by atoms with Crippen LogP contribution in [0.3, 0.4) is 0 Å². The Morgan fingerprint density at radius 2 is 1.84 bits per heavy atom. The number of nitro groups is 1. The lowest BCUT2D eigenvalue weighted by Gasteiger charge is -2.13. The Hall–Kier alpha value is -3.16. The van der Waals surface area contributed by atoms with Gasteiger partial charge >= 0.3 is 0 Å². The maximum absolute atomic E-state index is 13.6. The van der Waals surface area contributed by atoms with Crippen molar-refractivity contribution in [2.75, 3.05) is 25.5 Å². The van der Waals surface area contributed by atoms with Crippen LogP contribution in [0.1, 0.15) is 5.56 Å². The third-order valence-corrected chi connectivity index (χ3v) is 3.45. The van der Waals surface area contributed by atoms with Gasteiger partial charge in [-0.05, 0) is 18.2 Å². The zero-order chi connectivity index (χ0) is 18.1. The first-order valence-electron chi connectivity index (χ1n) is 7.76. The molecule has 2 aromatic rings. The van der Waals surface area contributed by atoms with Crippen LogP contribution in [-0.4, -0.2) is 31.0 Å². The summed E-state index contributed by atoms with van der Waals surface area (Å²) in [5.74, 6) is 0.305. The molecule has 7 nitrogen and oxygen atoms in total. The number of halogens is 1. The van der Waals surface area contributed by atoms with Crippen molar-refractivity contribution in [3.63, 3.8) is 0 Å². The van der Waals surface area contributed by atoms with E-state index < -0.39 is 4.92 Å². The molecule has 25 heavy (non-hydrogen) atoms. The number of nitrogens with zero attached hydrogens (tertiary/aromatic N) is 2. The minimum Gasteiger partial charge on any atom is -0.383 e. The summed E-state index contributed by atoms with van der Waals surface area (Å²) in [5.41, 5.74) is 1.41. The third kappa shape index (κ3) is 5.76. The van der Waals surface area contributed by atoms with Crippen molar-refractivity contribution in [2.45, 2.75) is 6.54 Å². The molecule has 0 atom stereocenters. The number of nitrogens with one attached hydrogen (secondary N) is 3. The number of nitro benzene ring substituents is 1. The second-order valence-electron chi connectivity index (χ2n) is 5.17. The zero-order valence-corrected chi connectivity index (χ0v) is 13.8. The number of non-ortho nitro benzene ring substituents is 1. The van der Waals surface area contributed by atoms with Crippen LogP contribution in [0.25, 0.3) is 0 Å². The number of hydrogen-bond acceptors (Lipinski definition) is 4. The second kappa shape index (κ2) is 9.21. The van der Waals surface area contributed by atoms with E-state index in [1.165, 1.54) is 18.2 Å². The molecule has 0 saturated heterocycles. The first kappa shape index (κ1) is 18.2. The Morgan fingerprint density at radius 1 is 1.12 bits per heavy atom. The van der Waals surface area contributed by atoms with Crippen molar-refractivity contribution in [1.29, 1.82) is 0 Å². The van der Waals surface area contributed by atoms with Gasteiger partial charge in [0.15, 0.2) is 5.96 Å². The van der Waals surface area contributed by atoms with Gasteiger partial charge in [0.2, 0.25) is 0 Å². The molecule has 0 unspecified atom stereocenters. The van der Waals surface area contributed by atoms with Gasteiger partial charge in [0.25, 0.3) is 5.69 Å². The van der Waals surface area contributed by atoms with Crippen LogP contribution in [0.4, 0.5) is 15.8 Å². The highest BCUT2D eigenvalue weighted by molar-refractivity contribution is 5.79. The van der Waals surface area contributed by atoms with Gasteiger partial charge in [0, 0.05) is 50.1 Å². The molecule has 0 radical (unpaired) electrons. The van der Waals surface area contributed by atoms with Crippen molar-refractivity contribution < 1.29 is 9.31 Å². The van der Waals surface area contributed by atoms with Crippen molar-refractivity contribution in [3.05, 3.63) is 70.0 Å². The molecule has 0 amide bonds. The Labute approximate surface area is 145 Å². The fourth-order valence-corrected chi connectivity index (χ4v) is 2.13. The maximum atomic E-state index is 13.6. The smallest absolute Gasteiger partial charge is 0.269 e. The standard InChI is InChI=1S/C17H20FN5O2/c1-19-17(22-12-13-4-2-3-5-16(13)18)21-11-10-20-14-6-8-15(9-7-14)23(24)25/h2-9,20H,10-12H2,1H3,(H2,19,21,22). The summed E-state index contributed by atoms with van der Waals surface area (Å²) >= 11 is 0. The maximum Gasteiger partial charge on any atom is 0.269 e. The van der Waals surface area contributed by atoms with Crippen molar-refractivity contribution in [1.82, 2.24) is 10.6 Å². The molecule has 132 valence electrons. The number of benzene rings is 2. The third-order valence-electron chi connectivity index (χ3n) is 3.45. The van der Waals surface area contributed by atoms with E-state index in [1.807, 2.05) is 0 Å². The summed E-state index contributed by atoms with van der Waals surface area (Å²) in [6.07, 6.45) is 0. The molecule has 0 fully saturated rings. The van der Waals surface area contributed by atoms with Crippen LogP contribution in [0.5, 0.6) is 0 Å². The second-order valence-corrected chi connectivity index (χ2v) is 5.17. The Balaban J connectivity index is 1.72. The molecule has 3 N–H and O–H groups in total. The van der Waals surface area contributed by atoms with E-state index in [-0.39, 0.29) is 11.5 Å². The summed E-state index contributed by atoms with van der Waals surface area (Å²) in [4.78, 5) is 14.2. The number of anilines is 1. The molecular weight excluding hydrogens is 325 g/mol. The topological polar surface area (TPSA) is 91.6 Å². The van der Waals surface area contributed by atoms with Gasteiger partial charge < -0.3 is 16.0 Å². The Bertz CT molecular complexity index is 734. The van der Waals surface area contributed by atoms with E-state index >= 15 is 0 Å². The molecule has 0 saturated carbocycles. The summed E-state index contributed by atoms with van der Waals surface area (Å²) in [6.45, 7) is 1.51. The molecule has 0 aliphatic carbocycles. The minimum atomic E-state index is -0.434. The van der Waals surface area contributed by atoms with Crippen LogP contribution in [0.15, 0.2) is 53.5 Å². The van der Waals surface area contributed by atoms with Crippen LogP contribution in [0.2, 0.25) is 0 Å². The highest BCUT2D eigenvalue weighted by Crippen LogP contribution is 2.14. The number of guanidine groups is 1. The molecule has 2 rings (SSSR count). The monoisotopic (exact) mass is 345 g/mol. The van der Waals surface area contributed by atoms with Crippen molar-refractivity contribution in [3.8, 4) is 0 Å². The summed E-state index contributed by atoms with van der Waals surface area (Å²) in [7, 11) is 1.64. The normalized spacial score (nSPS) is 11.0. The van der Waals surface area contributed by atoms with Gasteiger partial charge in [0.1, 0.15) is 5.82 Å². The first-order chi connectivity index (χ1) is 12.1. The molecule has 2 aromatic carbocycles. The van der Waals surface area contributed by atoms with E-state index in [0.29, 0.717) is 31.2 Å². The predicted molar refractivity (Wildman–Crippen MR) is 96.2 cm³/mol. The molecule has 0 bridgehead atoms. The number of rotatable bonds is 7. The van der Waals surface area contributed by atoms with Gasteiger partial charge in [-0.25, -0.2) is 4.39 Å². The fraction of sp³-hybridized carbons (Fsp3) is 0.235. The molecule has 0 heterocycles. The number of hydrogen-bond donors (Lipinski definition) is 3. The van der Waals surface area contributed by atoms with Crippen LogP contribution >= 0.6 is 0 Å². The lowest BCUT2D eigenvalue weighted by molar-refractivity contribution is -0.384. The van der Waals surface area contributed by atoms with E-state index in [1.54, 1.807) is 37.4 Å². The van der Waals surface area contributed by atoms with Gasteiger partial charge in [-0.3, -0.25) is 15.1 Å². The molecule has 8 heteroatoms. The lowest BCUT2D eigenvalue weighted by atomic mass is 10.2. The van der Waals surface area contributed by atoms with Crippen LogP contribution in [0, 0.1) is 15.9 Å². The van der Waals surface area contributed by atoms with Gasteiger partial charge in [-0.2, -0.15) is 0 Å². The fourth-order valence-electron chi connectivity index (χ4n) is 2.13.